The summed E-state index contributed by atoms with van der Waals surface area (Å²) in [6.45, 7) is 2.18. The minimum Gasteiger partial charge on any atom is -0.272 e. The molecule has 23 heavy (non-hydrogen) atoms. The van der Waals surface area contributed by atoms with Crippen LogP contribution in [0.4, 0.5) is 17.1 Å². The molecular weight excluding hydrogens is 300 g/mol. The van der Waals surface area contributed by atoms with E-state index in [1.165, 1.54) is 12.1 Å². The van der Waals surface area contributed by atoms with E-state index in [1.807, 2.05) is 0 Å². The van der Waals surface area contributed by atoms with Gasteiger partial charge in [-0.3, -0.25) is 25.7 Å². The smallest absolute Gasteiger partial charge is 0.272 e. The molecule has 1 N–H and O–H groups in total. The van der Waals surface area contributed by atoms with Crippen LogP contribution in [-0.2, 0) is 0 Å². The Balaban J connectivity index is 1.75. The molecule has 120 valence electrons. The summed E-state index contributed by atoms with van der Waals surface area (Å²) in [4.78, 5) is 20.4. The highest BCUT2D eigenvalue weighted by molar-refractivity contribution is 5.69. The number of benzene rings is 1. The Morgan fingerprint density at radius 3 is 2.57 bits per heavy atom. The molecule has 0 heterocycles. The first-order valence-electron chi connectivity index (χ1n) is 7.37. The van der Waals surface area contributed by atoms with Crippen LogP contribution in [0.5, 0.6) is 0 Å². The SMILES string of the molecule is C[C@H]1[C@H](/C=N\Nc2ccc([N+](=O)[O-])cc2[N+](=O)[O-])[C@H]2C=C[C@H]1C2. The second-order valence-corrected chi connectivity index (χ2v) is 5.99. The van der Waals surface area contributed by atoms with E-state index in [4.69, 9.17) is 0 Å². The van der Waals surface area contributed by atoms with Crippen LogP contribution in [0.2, 0.25) is 0 Å². The van der Waals surface area contributed by atoms with Crippen molar-refractivity contribution in [2.24, 2.45) is 28.8 Å². The first-order valence-corrected chi connectivity index (χ1v) is 7.37. The highest BCUT2D eigenvalue weighted by atomic mass is 16.6. The Labute approximate surface area is 132 Å². The van der Waals surface area contributed by atoms with Gasteiger partial charge in [-0.1, -0.05) is 19.1 Å². The second-order valence-electron chi connectivity index (χ2n) is 5.99. The first-order chi connectivity index (χ1) is 11.0. The molecule has 8 heteroatoms. The molecule has 8 nitrogen and oxygen atoms in total. The molecule has 2 bridgehead atoms. The van der Waals surface area contributed by atoms with E-state index in [1.54, 1.807) is 6.21 Å². The fraction of sp³-hybridized carbons (Fsp3) is 0.400. The van der Waals surface area contributed by atoms with Gasteiger partial charge in [0.15, 0.2) is 0 Å². The Hall–Kier alpha value is -2.77. The lowest BCUT2D eigenvalue weighted by molar-refractivity contribution is -0.393. The van der Waals surface area contributed by atoms with E-state index >= 15 is 0 Å². The number of hydrazone groups is 1. The summed E-state index contributed by atoms with van der Waals surface area (Å²) in [5.74, 6) is 1.88. The van der Waals surface area contributed by atoms with Crippen molar-refractivity contribution in [3.8, 4) is 0 Å². The molecule has 0 aliphatic heterocycles. The van der Waals surface area contributed by atoms with Crippen LogP contribution in [-0.4, -0.2) is 16.1 Å². The van der Waals surface area contributed by atoms with Crippen molar-refractivity contribution >= 4 is 23.3 Å². The van der Waals surface area contributed by atoms with Crippen LogP contribution in [0.15, 0.2) is 35.5 Å². The maximum absolute atomic E-state index is 11.1. The van der Waals surface area contributed by atoms with Crippen LogP contribution >= 0.6 is 0 Å². The zero-order valence-electron chi connectivity index (χ0n) is 12.5. The molecule has 2 aliphatic carbocycles. The van der Waals surface area contributed by atoms with Crippen LogP contribution in [0.3, 0.4) is 0 Å². The number of anilines is 1. The molecule has 0 unspecified atom stereocenters. The summed E-state index contributed by atoms with van der Waals surface area (Å²) >= 11 is 0. The number of hydrogen-bond acceptors (Lipinski definition) is 6. The van der Waals surface area contributed by atoms with Gasteiger partial charge in [0.25, 0.3) is 5.69 Å². The van der Waals surface area contributed by atoms with E-state index in [9.17, 15) is 20.2 Å². The van der Waals surface area contributed by atoms with Crippen molar-refractivity contribution in [3.63, 3.8) is 0 Å². The molecular formula is C15H16N4O4. The van der Waals surface area contributed by atoms with Crippen molar-refractivity contribution in [2.75, 3.05) is 5.43 Å². The van der Waals surface area contributed by atoms with Crippen molar-refractivity contribution in [3.05, 3.63) is 50.6 Å². The Kier molecular flexibility index (Phi) is 3.81. The molecule has 0 saturated heterocycles. The van der Waals surface area contributed by atoms with E-state index in [0.717, 1.165) is 12.5 Å². The van der Waals surface area contributed by atoms with Crippen LogP contribution in [0, 0.1) is 43.9 Å². The van der Waals surface area contributed by atoms with Gasteiger partial charge >= 0.3 is 5.69 Å². The second kappa shape index (κ2) is 5.79. The molecule has 1 aromatic rings. The number of fused-ring (bicyclic) bond motifs is 2. The molecule has 1 fully saturated rings. The van der Waals surface area contributed by atoms with Gasteiger partial charge in [0.05, 0.1) is 15.9 Å². The fourth-order valence-electron chi connectivity index (χ4n) is 3.43. The van der Waals surface area contributed by atoms with Gasteiger partial charge in [-0.2, -0.15) is 5.10 Å². The standard InChI is InChI=1S/C15H16N4O4/c1-9-10-2-3-11(6-10)13(9)8-16-17-14-5-4-12(18(20)21)7-15(14)19(22)23/h2-5,7-11,13,17H,6H2,1H3/b16-8-/t9-,10+,11+,13+/m1/s1. The molecule has 0 aromatic heterocycles. The number of nitro benzene ring substituents is 2. The summed E-state index contributed by atoms with van der Waals surface area (Å²) in [6.07, 6.45) is 7.38. The molecule has 2 aliphatic rings. The lowest BCUT2D eigenvalue weighted by Gasteiger charge is -2.20. The molecule has 1 aromatic carbocycles. The monoisotopic (exact) mass is 316 g/mol. The summed E-state index contributed by atoms with van der Waals surface area (Å²) in [5, 5.41) is 25.9. The van der Waals surface area contributed by atoms with E-state index in [0.29, 0.717) is 23.7 Å². The maximum Gasteiger partial charge on any atom is 0.301 e. The van der Waals surface area contributed by atoms with Crippen LogP contribution in [0.25, 0.3) is 0 Å². The van der Waals surface area contributed by atoms with Gasteiger partial charge in [-0.15, -0.1) is 0 Å². The van der Waals surface area contributed by atoms with E-state index < -0.39 is 9.85 Å². The predicted molar refractivity (Wildman–Crippen MR) is 85.3 cm³/mol. The van der Waals surface area contributed by atoms with Gasteiger partial charge in [-0.05, 0) is 30.2 Å². The number of nitrogens with one attached hydrogen (secondary N) is 1. The average molecular weight is 316 g/mol. The Bertz CT molecular complexity index is 715. The third-order valence-electron chi connectivity index (χ3n) is 4.75. The van der Waals surface area contributed by atoms with E-state index in [2.05, 4.69) is 29.6 Å². The lowest BCUT2D eigenvalue weighted by atomic mass is 9.85. The molecule has 0 spiro atoms. The minimum absolute atomic E-state index is 0.142. The normalized spacial score (nSPS) is 28.4. The van der Waals surface area contributed by atoms with Gasteiger partial charge in [0.1, 0.15) is 5.69 Å². The topological polar surface area (TPSA) is 111 Å². The maximum atomic E-state index is 11.1. The highest BCUT2D eigenvalue weighted by Gasteiger charge is 2.40. The summed E-state index contributed by atoms with van der Waals surface area (Å²) in [6, 6.07) is 3.45. The number of hydrogen-bond donors (Lipinski definition) is 1. The first kappa shape index (κ1) is 15.1. The van der Waals surface area contributed by atoms with E-state index in [-0.39, 0.29) is 17.1 Å². The average Bonchev–Trinajstić information content (AvgIpc) is 3.10. The van der Waals surface area contributed by atoms with Crippen LogP contribution in [0.1, 0.15) is 13.3 Å². The molecule has 1 saturated carbocycles. The third kappa shape index (κ3) is 2.79. The number of nitrogens with zero attached hydrogens (tertiary/aromatic N) is 3. The molecule has 3 rings (SSSR count). The number of nitro groups is 2. The fourth-order valence-corrected chi connectivity index (χ4v) is 3.43. The Morgan fingerprint density at radius 2 is 1.96 bits per heavy atom. The summed E-state index contributed by atoms with van der Waals surface area (Å²) in [7, 11) is 0. The molecule has 0 radical (unpaired) electrons. The predicted octanol–water partition coefficient (Wildman–Crippen LogP) is 3.36. The summed E-state index contributed by atoms with van der Waals surface area (Å²) in [5.41, 5.74) is 2.11. The van der Waals surface area contributed by atoms with Gasteiger partial charge in [0, 0.05) is 18.2 Å². The number of non-ortho nitro benzene ring substituents is 1. The quantitative estimate of drug-likeness (QED) is 0.387. The van der Waals surface area contributed by atoms with Crippen molar-refractivity contribution < 1.29 is 9.85 Å². The lowest BCUT2D eigenvalue weighted by Crippen LogP contribution is -2.18. The third-order valence-corrected chi connectivity index (χ3v) is 4.75. The number of rotatable bonds is 5. The zero-order chi connectivity index (χ0) is 16.6. The zero-order valence-corrected chi connectivity index (χ0v) is 12.5. The van der Waals surface area contributed by atoms with Crippen molar-refractivity contribution in [1.29, 1.82) is 0 Å². The Morgan fingerprint density at radius 1 is 1.22 bits per heavy atom. The van der Waals surface area contributed by atoms with Gasteiger partial charge in [-0.25, -0.2) is 0 Å². The van der Waals surface area contributed by atoms with Gasteiger partial charge in [0.2, 0.25) is 0 Å². The van der Waals surface area contributed by atoms with Crippen LogP contribution < -0.4 is 5.43 Å². The molecule has 4 atom stereocenters. The largest absolute Gasteiger partial charge is 0.301 e. The van der Waals surface area contributed by atoms with Gasteiger partial charge < -0.3 is 0 Å². The van der Waals surface area contributed by atoms with Crippen molar-refractivity contribution in [1.82, 2.24) is 0 Å². The molecule has 0 amide bonds. The minimum atomic E-state index is -0.663. The number of allylic oxidation sites excluding steroid dienone is 2. The summed E-state index contributed by atoms with van der Waals surface area (Å²) < 4.78 is 0. The highest BCUT2D eigenvalue weighted by Crippen LogP contribution is 2.46. The van der Waals surface area contributed by atoms with Crippen molar-refractivity contribution in [2.45, 2.75) is 13.3 Å².